The highest BCUT2D eigenvalue weighted by Gasteiger charge is 2.04. The molecule has 0 amide bonds. The van der Waals surface area contributed by atoms with Crippen molar-refractivity contribution >= 4 is 66.7 Å². The second-order valence-electron chi connectivity index (χ2n) is 3.77. The molecule has 0 aliphatic heterocycles. The second kappa shape index (κ2) is 4.14. The third-order valence-corrected chi connectivity index (χ3v) is 4.66. The van der Waals surface area contributed by atoms with Crippen molar-refractivity contribution in [1.82, 2.24) is 0 Å². The molecule has 0 saturated carbocycles. The van der Waals surface area contributed by atoms with Crippen molar-refractivity contribution in [3.63, 3.8) is 0 Å². The SMILES string of the molecule is Ic1ccc(I)c2cc3ccccc3cc12. The van der Waals surface area contributed by atoms with E-state index in [1.165, 1.54) is 28.7 Å². The minimum absolute atomic E-state index is 1.31. The van der Waals surface area contributed by atoms with Crippen LogP contribution in [0, 0.1) is 7.14 Å². The highest BCUT2D eigenvalue weighted by Crippen LogP contribution is 2.29. The lowest BCUT2D eigenvalue weighted by atomic mass is 10.0. The Hall–Kier alpha value is -0.360. The Bertz CT molecular complexity index is 627. The summed E-state index contributed by atoms with van der Waals surface area (Å²) < 4.78 is 2.64. The fourth-order valence-electron chi connectivity index (χ4n) is 1.96. The first-order valence-corrected chi connectivity index (χ1v) is 7.18. The van der Waals surface area contributed by atoms with Gasteiger partial charge in [-0.3, -0.25) is 0 Å². The van der Waals surface area contributed by atoms with Gasteiger partial charge in [0.25, 0.3) is 0 Å². The fourth-order valence-corrected chi connectivity index (χ4v) is 3.21. The summed E-state index contributed by atoms with van der Waals surface area (Å²) in [5, 5.41) is 5.34. The average molecular weight is 430 g/mol. The van der Waals surface area contributed by atoms with Gasteiger partial charge < -0.3 is 0 Å². The van der Waals surface area contributed by atoms with Gasteiger partial charge in [0.05, 0.1) is 0 Å². The normalized spacial score (nSPS) is 11.1. The zero-order valence-corrected chi connectivity index (χ0v) is 12.7. The van der Waals surface area contributed by atoms with Crippen LogP contribution in [-0.2, 0) is 0 Å². The molecule has 0 saturated heterocycles. The molecule has 0 atom stereocenters. The lowest BCUT2D eigenvalue weighted by Gasteiger charge is -2.06. The van der Waals surface area contributed by atoms with Crippen LogP contribution >= 0.6 is 45.2 Å². The van der Waals surface area contributed by atoms with Crippen LogP contribution in [0.4, 0.5) is 0 Å². The van der Waals surface area contributed by atoms with Crippen molar-refractivity contribution in [3.05, 3.63) is 55.7 Å². The lowest BCUT2D eigenvalue weighted by Crippen LogP contribution is -1.83. The standard InChI is InChI=1S/C14H8I2/c15-13-5-6-14(16)12-8-10-4-2-1-3-9(10)7-11(12)13/h1-8H. The molecule has 0 radical (unpaired) electrons. The highest BCUT2D eigenvalue weighted by atomic mass is 127. The van der Waals surface area contributed by atoms with E-state index in [9.17, 15) is 0 Å². The van der Waals surface area contributed by atoms with Crippen molar-refractivity contribution in [2.75, 3.05) is 0 Å². The predicted octanol–water partition coefficient (Wildman–Crippen LogP) is 5.20. The van der Waals surface area contributed by atoms with E-state index in [2.05, 4.69) is 93.7 Å². The van der Waals surface area contributed by atoms with Crippen LogP contribution < -0.4 is 0 Å². The van der Waals surface area contributed by atoms with Gasteiger partial charge in [-0.1, -0.05) is 24.3 Å². The van der Waals surface area contributed by atoms with Gasteiger partial charge in [0.1, 0.15) is 0 Å². The molecule has 0 fully saturated rings. The van der Waals surface area contributed by atoms with E-state index in [-0.39, 0.29) is 0 Å². The lowest BCUT2D eigenvalue weighted by molar-refractivity contribution is 1.69. The quantitative estimate of drug-likeness (QED) is 0.340. The third kappa shape index (κ3) is 1.72. The van der Waals surface area contributed by atoms with Gasteiger partial charge in [-0.05, 0) is 91.0 Å². The molecular weight excluding hydrogens is 422 g/mol. The number of halogens is 2. The molecule has 0 aliphatic carbocycles. The summed E-state index contributed by atoms with van der Waals surface area (Å²) in [6.45, 7) is 0. The molecule has 78 valence electrons. The maximum atomic E-state index is 2.40. The minimum atomic E-state index is 1.31. The van der Waals surface area contributed by atoms with E-state index in [1.807, 2.05) is 0 Å². The summed E-state index contributed by atoms with van der Waals surface area (Å²) in [5.41, 5.74) is 0. The Morgan fingerprint density at radius 1 is 0.625 bits per heavy atom. The van der Waals surface area contributed by atoms with E-state index >= 15 is 0 Å². The average Bonchev–Trinajstić information content (AvgIpc) is 2.32. The molecule has 3 aromatic rings. The maximum absolute atomic E-state index is 2.40. The first-order valence-electron chi connectivity index (χ1n) is 5.02. The highest BCUT2D eigenvalue weighted by molar-refractivity contribution is 14.1. The molecule has 0 bridgehead atoms. The Morgan fingerprint density at radius 3 is 1.50 bits per heavy atom. The molecule has 0 nitrogen and oxygen atoms in total. The fraction of sp³-hybridized carbons (Fsp3) is 0. The number of benzene rings is 3. The van der Waals surface area contributed by atoms with E-state index in [0.29, 0.717) is 0 Å². The van der Waals surface area contributed by atoms with Crippen molar-refractivity contribution in [2.24, 2.45) is 0 Å². The first-order chi connectivity index (χ1) is 7.75. The molecule has 0 aromatic heterocycles. The smallest absolute Gasteiger partial charge is 0.0209 e. The largest absolute Gasteiger partial charge is 0.0616 e. The molecule has 16 heavy (non-hydrogen) atoms. The van der Waals surface area contributed by atoms with Crippen molar-refractivity contribution < 1.29 is 0 Å². The minimum Gasteiger partial charge on any atom is -0.0616 e. The van der Waals surface area contributed by atoms with Crippen LogP contribution in [0.2, 0.25) is 0 Å². The zero-order valence-electron chi connectivity index (χ0n) is 8.37. The van der Waals surface area contributed by atoms with Gasteiger partial charge >= 0.3 is 0 Å². The van der Waals surface area contributed by atoms with Crippen LogP contribution in [0.5, 0.6) is 0 Å². The van der Waals surface area contributed by atoms with Crippen molar-refractivity contribution in [3.8, 4) is 0 Å². The molecular formula is C14H8I2. The van der Waals surface area contributed by atoms with Crippen LogP contribution in [-0.4, -0.2) is 0 Å². The van der Waals surface area contributed by atoms with Crippen LogP contribution in [0.3, 0.4) is 0 Å². The van der Waals surface area contributed by atoms with Gasteiger partial charge in [0.15, 0.2) is 0 Å². The molecule has 0 N–H and O–H groups in total. The summed E-state index contributed by atoms with van der Waals surface area (Å²) in [6.07, 6.45) is 0. The summed E-state index contributed by atoms with van der Waals surface area (Å²) in [4.78, 5) is 0. The topological polar surface area (TPSA) is 0 Å². The number of hydrogen-bond donors (Lipinski definition) is 0. The molecule has 0 aliphatic rings. The third-order valence-electron chi connectivity index (χ3n) is 2.78. The Kier molecular flexibility index (Phi) is 2.79. The van der Waals surface area contributed by atoms with Gasteiger partial charge in [0, 0.05) is 7.14 Å². The molecule has 3 aromatic carbocycles. The summed E-state index contributed by atoms with van der Waals surface area (Å²) in [7, 11) is 0. The summed E-state index contributed by atoms with van der Waals surface area (Å²) in [5.74, 6) is 0. The summed E-state index contributed by atoms with van der Waals surface area (Å²) in [6, 6.07) is 17.5. The Balaban J connectivity index is 2.56. The monoisotopic (exact) mass is 430 g/mol. The van der Waals surface area contributed by atoms with Crippen LogP contribution in [0.1, 0.15) is 0 Å². The molecule has 0 unspecified atom stereocenters. The molecule has 3 rings (SSSR count). The maximum Gasteiger partial charge on any atom is 0.0209 e. The molecule has 2 heteroatoms. The van der Waals surface area contributed by atoms with E-state index < -0.39 is 0 Å². The number of rotatable bonds is 0. The van der Waals surface area contributed by atoms with Gasteiger partial charge in [-0.15, -0.1) is 0 Å². The van der Waals surface area contributed by atoms with Crippen LogP contribution in [0.25, 0.3) is 21.5 Å². The van der Waals surface area contributed by atoms with Crippen molar-refractivity contribution in [1.29, 1.82) is 0 Å². The Morgan fingerprint density at radius 2 is 1.06 bits per heavy atom. The first kappa shape index (κ1) is 10.8. The van der Waals surface area contributed by atoms with Gasteiger partial charge in [0.2, 0.25) is 0 Å². The zero-order chi connectivity index (χ0) is 11.1. The predicted molar refractivity (Wildman–Crippen MR) is 86.9 cm³/mol. The molecule has 0 heterocycles. The van der Waals surface area contributed by atoms with E-state index in [4.69, 9.17) is 0 Å². The van der Waals surface area contributed by atoms with E-state index in [1.54, 1.807) is 0 Å². The Labute approximate surface area is 121 Å². The summed E-state index contributed by atoms with van der Waals surface area (Å²) >= 11 is 4.81. The molecule has 0 spiro atoms. The van der Waals surface area contributed by atoms with Gasteiger partial charge in [-0.25, -0.2) is 0 Å². The number of hydrogen-bond acceptors (Lipinski definition) is 0. The van der Waals surface area contributed by atoms with Crippen LogP contribution in [0.15, 0.2) is 48.5 Å². The van der Waals surface area contributed by atoms with Gasteiger partial charge in [-0.2, -0.15) is 0 Å². The number of fused-ring (bicyclic) bond motifs is 2. The van der Waals surface area contributed by atoms with Crippen molar-refractivity contribution in [2.45, 2.75) is 0 Å². The second-order valence-corrected chi connectivity index (χ2v) is 6.10. The van der Waals surface area contributed by atoms with E-state index in [0.717, 1.165) is 0 Å².